The van der Waals surface area contributed by atoms with Gasteiger partial charge in [-0.15, -0.1) is 0 Å². The van der Waals surface area contributed by atoms with E-state index >= 15 is 0 Å². The lowest BCUT2D eigenvalue weighted by Crippen LogP contribution is -2.11. The highest BCUT2D eigenvalue weighted by Crippen LogP contribution is 2.31. The molecule has 0 aromatic rings. The van der Waals surface area contributed by atoms with Crippen LogP contribution >= 0.6 is 0 Å². The molecule has 15 heavy (non-hydrogen) atoms. The van der Waals surface area contributed by atoms with Crippen molar-refractivity contribution in [1.29, 1.82) is 10.5 Å². The smallest absolute Gasteiger partial charge is 0.129 e. The lowest BCUT2D eigenvalue weighted by Gasteiger charge is -2.22. The maximum atomic E-state index is 8.87. The van der Waals surface area contributed by atoms with Gasteiger partial charge in [-0.1, -0.05) is 32.9 Å². The summed E-state index contributed by atoms with van der Waals surface area (Å²) in [6, 6.07) is 3.96. The first-order valence-corrected chi connectivity index (χ1v) is 5.12. The van der Waals surface area contributed by atoms with E-state index in [1.165, 1.54) is 0 Å². The Morgan fingerprint density at radius 1 is 1.20 bits per heavy atom. The van der Waals surface area contributed by atoms with Gasteiger partial charge in [0.05, 0.1) is 0 Å². The summed E-state index contributed by atoms with van der Waals surface area (Å²) < 4.78 is 0. The molecule has 0 saturated heterocycles. The number of allylic oxidation sites excluding steroid dienone is 4. The van der Waals surface area contributed by atoms with Crippen molar-refractivity contribution in [3.63, 3.8) is 0 Å². The maximum Gasteiger partial charge on any atom is 0.129 e. The molecular weight excluding hydrogens is 184 g/mol. The zero-order valence-electron chi connectivity index (χ0n) is 9.96. The van der Waals surface area contributed by atoms with Crippen LogP contribution in [-0.2, 0) is 0 Å². The van der Waals surface area contributed by atoms with E-state index in [4.69, 9.17) is 10.5 Å². The van der Waals surface area contributed by atoms with E-state index < -0.39 is 0 Å². The lowest BCUT2D eigenvalue weighted by molar-refractivity contribution is 0.481. The maximum absolute atomic E-state index is 8.87. The molecule has 0 aliphatic heterocycles. The van der Waals surface area contributed by atoms with Gasteiger partial charge in [-0.25, -0.2) is 0 Å². The summed E-state index contributed by atoms with van der Waals surface area (Å²) in [6.07, 6.45) is 5.71. The van der Waals surface area contributed by atoms with Crippen molar-refractivity contribution in [3.8, 4) is 12.1 Å². The summed E-state index contributed by atoms with van der Waals surface area (Å²) in [5.41, 5.74) is 1.11. The highest BCUT2D eigenvalue weighted by atomic mass is 14.3. The van der Waals surface area contributed by atoms with Gasteiger partial charge < -0.3 is 0 Å². The molecule has 0 fully saturated rings. The first kappa shape index (κ1) is 13.5. The number of nitriles is 2. The van der Waals surface area contributed by atoms with Crippen LogP contribution in [-0.4, -0.2) is 0 Å². The Bertz CT molecular complexity index is 324. The molecule has 0 amide bonds. The fraction of sp³-hybridized carbons (Fsp3) is 0.538. The van der Waals surface area contributed by atoms with Gasteiger partial charge in [0.15, 0.2) is 0 Å². The standard InChI is InChI=1S/C13H18N2/c1-5-6-7-8-12(13(2,3)4)11(9-14)10-15/h5-6H,7-8H2,1-4H3/b6-5+. The summed E-state index contributed by atoms with van der Waals surface area (Å²) in [6.45, 7) is 8.07. The van der Waals surface area contributed by atoms with Crippen LogP contribution in [0.1, 0.15) is 40.5 Å². The van der Waals surface area contributed by atoms with Gasteiger partial charge >= 0.3 is 0 Å². The monoisotopic (exact) mass is 202 g/mol. The van der Waals surface area contributed by atoms with Crippen LogP contribution in [0.15, 0.2) is 23.3 Å². The topological polar surface area (TPSA) is 47.6 Å². The molecule has 0 N–H and O–H groups in total. The Morgan fingerprint density at radius 2 is 1.73 bits per heavy atom. The molecule has 0 aliphatic carbocycles. The average Bonchev–Trinajstić information content (AvgIpc) is 2.16. The molecule has 0 aromatic heterocycles. The van der Waals surface area contributed by atoms with Crippen molar-refractivity contribution in [3.05, 3.63) is 23.3 Å². The van der Waals surface area contributed by atoms with E-state index in [0.29, 0.717) is 0 Å². The molecular formula is C13H18N2. The molecule has 2 heteroatoms. The largest absolute Gasteiger partial charge is 0.192 e. The molecule has 0 spiro atoms. The molecule has 0 unspecified atom stereocenters. The Labute approximate surface area is 92.5 Å². The summed E-state index contributed by atoms with van der Waals surface area (Å²) in [4.78, 5) is 0. The minimum atomic E-state index is -0.109. The van der Waals surface area contributed by atoms with Crippen molar-refractivity contribution in [2.45, 2.75) is 40.5 Å². The minimum absolute atomic E-state index is 0.109. The van der Waals surface area contributed by atoms with E-state index in [-0.39, 0.29) is 11.0 Å². The number of hydrogen-bond donors (Lipinski definition) is 0. The lowest BCUT2D eigenvalue weighted by atomic mass is 9.81. The van der Waals surface area contributed by atoms with Crippen molar-refractivity contribution in [2.24, 2.45) is 5.41 Å². The van der Waals surface area contributed by atoms with Gasteiger partial charge in [-0.3, -0.25) is 0 Å². The zero-order chi connectivity index (χ0) is 11.9. The van der Waals surface area contributed by atoms with E-state index in [1.807, 2.05) is 45.9 Å². The minimum Gasteiger partial charge on any atom is -0.192 e. The third kappa shape index (κ3) is 4.47. The average molecular weight is 202 g/mol. The van der Waals surface area contributed by atoms with Crippen molar-refractivity contribution in [2.75, 3.05) is 0 Å². The summed E-state index contributed by atoms with van der Waals surface area (Å²) in [5.74, 6) is 0. The Balaban J connectivity index is 5.02. The van der Waals surface area contributed by atoms with E-state index in [2.05, 4.69) is 6.08 Å². The summed E-state index contributed by atoms with van der Waals surface area (Å²) in [7, 11) is 0. The molecule has 0 aliphatic rings. The second-order valence-electron chi connectivity index (χ2n) is 4.43. The Hall–Kier alpha value is -1.54. The molecule has 0 aromatic carbocycles. The van der Waals surface area contributed by atoms with Crippen LogP contribution in [0, 0.1) is 28.1 Å². The predicted molar refractivity (Wildman–Crippen MR) is 61.8 cm³/mol. The Kier molecular flexibility index (Phi) is 5.42. The SMILES string of the molecule is C/C=C/CCC(=C(C#N)C#N)C(C)(C)C. The highest BCUT2D eigenvalue weighted by Gasteiger charge is 2.20. The molecule has 0 bridgehead atoms. The number of rotatable bonds is 3. The fourth-order valence-electron chi connectivity index (χ4n) is 1.43. The van der Waals surface area contributed by atoms with Crippen LogP contribution < -0.4 is 0 Å². The van der Waals surface area contributed by atoms with Crippen molar-refractivity contribution in [1.82, 2.24) is 0 Å². The quantitative estimate of drug-likeness (QED) is 0.517. The normalized spacial score (nSPS) is 10.8. The molecule has 2 nitrogen and oxygen atoms in total. The van der Waals surface area contributed by atoms with E-state index in [9.17, 15) is 0 Å². The molecule has 0 saturated carbocycles. The third-order valence-electron chi connectivity index (χ3n) is 2.23. The molecule has 0 atom stereocenters. The highest BCUT2D eigenvalue weighted by molar-refractivity contribution is 5.42. The van der Waals surface area contributed by atoms with E-state index in [1.54, 1.807) is 0 Å². The fourth-order valence-corrected chi connectivity index (χ4v) is 1.43. The van der Waals surface area contributed by atoms with Crippen molar-refractivity contribution >= 4 is 0 Å². The molecule has 0 radical (unpaired) electrons. The van der Waals surface area contributed by atoms with Crippen LogP contribution in [0.25, 0.3) is 0 Å². The third-order valence-corrected chi connectivity index (χ3v) is 2.23. The first-order valence-electron chi connectivity index (χ1n) is 5.12. The molecule has 0 rings (SSSR count). The molecule has 80 valence electrons. The van der Waals surface area contributed by atoms with E-state index in [0.717, 1.165) is 18.4 Å². The van der Waals surface area contributed by atoms with Gasteiger partial charge in [0.25, 0.3) is 0 Å². The van der Waals surface area contributed by atoms with Crippen LogP contribution in [0.5, 0.6) is 0 Å². The second kappa shape index (κ2) is 6.04. The molecule has 0 heterocycles. The van der Waals surface area contributed by atoms with Crippen LogP contribution in [0.3, 0.4) is 0 Å². The first-order chi connectivity index (χ1) is 6.97. The Morgan fingerprint density at radius 3 is 2.07 bits per heavy atom. The van der Waals surface area contributed by atoms with Gasteiger partial charge in [-0.2, -0.15) is 10.5 Å². The second-order valence-corrected chi connectivity index (χ2v) is 4.43. The van der Waals surface area contributed by atoms with Gasteiger partial charge in [0.2, 0.25) is 0 Å². The zero-order valence-corrected chi connectivity index (χ0v) is 9.96. The summed E-state index contributed by atoms with van der Waals surface area (Å²) >= 11 is 0. The van der Waals surface area contributed by atoms with Gasteiger partial charge in [0, 0.05) is 0 Å². The number of nitrogens with zero attached hydrogens (tertiary/aromatic N) is 2. The predicted octanol–water partition coefficient (Wildman–Crippen LogP) is 3.73. The van der Waals surface area contributed by atoms with Crippen LogP contribution in [0.4, 0.5) is 0 Å². The van der Waals surface area contributed by atoms with Gasteiger partial charge in [-0.05, 0) is 30.8 Å². The number of hydrogen-bond acceptors (Lipinski definition) is 2. The van der Waals surface area contributed by atoms with Crippen molar-refractivity contribution < 1.29 is 0 Å². The van der Waals surface area contributed by atoms with Gasteiger partial charge in [0.1, 0.15) is 17.7 Å². The van der Waals surface area contributed by atoms with Crippen LogP contribution in [0.2, 0.25) is 0 Å². The summed E-state index contributed by atoms with van der Waals surface area (Å²) in [5, 5.41) is 17.7.